The quantitative estimate of drug-likeness (QED) is 0.668. The average Bonchev–Trinajstić information content (AvgIpc) is 2.64. The van der Waals surface area contributed by atoms with E-state index in [1.165, 1.54) is 0 Å². The van der Waals surface area contributed by atoms with E-state index < -0.39 is 6.09 Å². The summed E-state index contributed by atoms with van der Waals surface area (Å²) in [5.41, 5.74) is 2.47. The minimum absolute atomic E-state index is 0.117. The van der Waals surface area contributed by atoms with Gasteiger partial charge in [0.25, 0.3) is 5.91 Å². The van der Waals surface area contributed by atoms with Crippen molar-refractivity contribution in [1.29, 1.82) is 0 Å². The Bertz CT molecular complexity index is 899. The van der Waals surface area contributed by atoms with Crippen molar-refractivity contribution in [2.75, 3.05) is 0 Å². The molecule has 3 aromatic carbocycles. The number of amides is 2. The number of carboxylic acid groups (broad SMARTS) is 1. The second-order valence-electron chi connectivity index (χ2n) is 5.68. The van der Waals surface area contributed by atoms with Crippen LogP contribution in [0.15, 0.2) is 66.7 Å². The number of hydrogen-bond acceptors (Lipinski definition) is 2. The van der Waals surface area contributed by atoms with E-state index in [9.17, 15) is 9.59 Å². The summed E-state index contributed by atoms with van der Waals surface area (Å²) in [7, 11) is 0. The second-order valence-corrected chi connectivity index (χ2v) is 5.68. The van der Waals surface area contributed by atoms with Crippen LogP contribution in [0.25, 0.3) is 10.8 Å². The van der Waals surface area contributed by atoms with Crippen LogP contribution in [0.5, 0.6) is 0 Å². The van der Waals surface area contributed by atoms with Crippen LogP contribution in [0.3, 0.4) is 0 Å². The van der Waals surface area contributed by atoms with Gasteiger partial charge in [0.05, 0.1) is 0 Å². The molecule has 126 valence electrons. The highest BCUT2D eigenvalue weighted by Gasteiger charge is 2.09. The van der Waals surface area contributed by atoms with E-state index in [1.807, 2.05) is 66.7 Å². The number of fused-ring (bicyclic) bond motifs is 1. The van der Waals surface area contributed by atoms with Crippen molar-refractivity contribution in [1.82, 2.24) is 10.6 Å². The first-order valence-electron chi connectivity index (χ1n) is 7.94. The van der Waals surface area contributed by atoms with Gasteiger partial charge in [-0.3, -0.25) is 4.79 Å². The number of hydrogen-bond donors (Lipinski definition) is 3. The van der Waals surface area contributed by atoms with Crippen molar-refractivity contribution in [3.05, 3.63) is 83.4 Å². The molecule has 5 heteroatoms. The number of carbonyl (C=O) groups is 2. The highest BCUT2D eigenvalue weighted by Crippen LogP contribution is 2.18. The number of carbonyl (C=O) groups excluding carboxylic acids is 1. The molecule has 0 atom stereocenters. The molecule has 0 aliphatic rings. The van der Waals surface area contributed by atoms with E-state index in [2.05, 4.69) is 10.6 Å². The molecule has 3 aromatic rings. The fourth-order valence-electron chi connectivity index (χ4n) is 2.65. The maximum atomic E-state index is 12.5. The Morgan fingerprint density at radius 1 is 0.760 bits per heavy atom. The molecule has 3 N–H and O–H groups in total. The van der Waals surface area contributed by atoms with Gasteiger partial charge >= 0.3 is 6.09 Å². The normalized spacial score (nSPS) is 10.4. The molecule has 0 aliphatic heterocycles. The van der Waals surface area contributed by atoms with E-state index >= 15 is 0 Å². The van der Waals surface area contributed by atoms with Gasteiger partial charge in [-0.25, -0.2) is 4.79 Å². The minimum atomic E-state index is -1.05. The van der Waals surface area contributed by atoms with Crippen LogP contribution in [-0.4, -0.2) is 17.1 Å². The molecule has 2 amide bonds. The first-order valence-corrected chi connectivity index (χ1v) is 7.94. The Balaban J connectivity index is 1.65. The number of rotatable bonds is 5. The maximum Gasteiger partial charge on any atom is 0.404 e. The molecular formula is C20H18N2O3. The van der Waals surface area contributed by atoms with Crippen LogP contribution in [0.2, 0.25) is 0 Å². The van der Waals surface area contributed by atoms with Crippen LogP contribution in [0, 0.1) is 0 Å². The summed E-state index contributed by atoms with van der Waals surface area (Å²) in [6, 6.07) is 20.9. The molecule has 0 spiro atoms. The average molecular weight is 334 g/mol. The lowest BCUT2D eigenvalue weighted by Crippen LogP contribution is -2.23. The fraction of sp³-hybridized carbons (Fsp3) is 0.100. The molecule has 25 heavy (non-hydrogen) atoms. The van der Waals surface area contributed by atoms with Gasteiger partial charge in [-0.05, 0) is 28.0 Å². The molecule has 0 saturated carbocycles. The summed E-state index contributed by atoms with van der Waals surface area (Å²) in [5, 5.41) is 15.8. The zero-order valence-electron chi connectivity index (χ0n) is 13.5. The lowest BCUT2D eigenvalue weighted by atomic mass is 10.0. The molecule has 5 nitrogen and oxygen atoms in total. The van der Waals surface area contributed by atoms with Crippen molar-refractivity contribution in [3.63, 3.8) is 0 Å². The van der Waals surface area contributed by atoms with Crippen molar-refractivity contribution in [2.45, 2.75) is 13.1 Å². The van der Waals surface area contributed by atoms with E-state index in [0.29, 0.717) is 12.1 Å². The molecule has 0 radical (unpaired) electrons. The summed E-state index contributed by atoms with van der Waals surface area (Å²) in [4.78, 5) is 23.0. The lowest BCUT2D eigenvalue weighted by molar-refractivity contribution is 0.0952. The summed E-state index contributed by atoms with van der Waals surface area (Å²) < 4.78 is 0. The molecule has 0 bridgehead atoms. The lowest BCUT2D eigenvalue weighted by Gasteiger charge is -2.09. The topological polar surface area (TPSA) is 78.4 Å². The molecule has 0 unspecified atom stereocenters. The standard InChI is InChI=1S/C20H18N2O3/c23-19(18-7-3-5-16-4-1-2-6-17(16)18)21-12-14-8-10-15(11-9-14)13-22-20(24)25/h1-11,22H,12-13H2,(H,21,23)(H,24,25). The van der Waals surface area contributed by atoms with Gasteiger partial charge < -0.3 is 15.7 Å². The third-order valence-electron chi connectivity index (χ3n) is 3.95. The third kappa shape index (κ3) is 4.14. The van der Waals surface area contributed by atoms with Gasteiger partial charge in [0.1, 0.15) is 0 Å². The summed E-state index contributed by atoms with van der Waals surface area (Å²) >= 11 is 0. The Kier molecular flexibility index (Phi) is 4.95. The molecule has 0 aromatic heterocycles. The molecule has 3 rings (SSSR count). The van der Waals surface area contributed by atoms with Gasteiger partial charge in [-0.1, -0.05) is 60.7 Å². The van der Waals surface area contributed by atoms with Crippen LogP contribution in [0.1, 0.15) is 21.5 Å². The van der Waals surface area contributed by atoms with Gasteiger partial charge in [0.15, 0.2) is 0 Å². The number of nitrogens with one attached hydrogen (secondary N) is 2. The van der Waals surface area contributed by atoms with Crippen LogP contribution < -0.4 is 10.6 Å². The zero-order valence-corrected chi connectivity index (χ0v) is 13.5. The monoisotopic (exact) mass is 334 g/mol. The van der Waals surface area contributed by atoms with E-state index in [1.54, 1.807) is 0 Å². The van der Waals surface area contributed by atoms with Gasteiger partial charge in [0.2, 0.25) is 0 Å². The molecular weight excluding hydrogens is 316 g/mol. The predicted octanol–water partition coefficient (Wildman–Crippen LogP) is 3.54. The first kappa shape index (κ1) is 16.5. The Labute approximate surface area is 145 Å². The van der Waals surface area contributed by atoms with E-state index in [-0.39, 0.29) is 12.5 Å². The second kappa shape index (κ2) is 7.49. The smallest absolute Gasteiger partial charge is 0.404 e. The highest BCUT2D eigenvalue weighted by molar-refractivity contribution is 6.06. The number of benzene rings is 3. The first-order chi connectivity index (χ1) is 12.1. The van der Waals surface area contributed by atoms with Crippen LogP contribution in [-0.2, 0) is 13.1 Å². The zero-order chi connectivity index (χ0) is 17.6. The van der Waals surface area contributed by atoms with Crippen LogP contribution in [0.4, 0.5) is 4.79 Å². The fourth-order valence-corrected chi connectivity index (χ4v) is 2.65. The molecule has 0 aliphatic carbocycles. The maximum absolute atomic E-state index is 12.5. The SMILES string of the molecule is O=C(O)NCc1ccc(CNC(=O)c2cccc3ccccc23)cc1. The van der Waals surface area contributed by atoms with Crippen molar-refractivity contribution in [3.8, 4) is 0 Å². The van der Waals surface area contributed by atoms with Gasteiger partial charge in [0, 0.05) is 18.7 Å². The summed E-state index contributed by atoms with van der Waals surface area (Å²) in [6.45, 7) is 0.673. The Morgan fingerprint density at radius 2 is 1.36 bits per heavy atom. The molecule has 0 fully saturated rings. The highest BCUT2D eigenvalue weighted by atomic mass is 16.4. The summed E-state index contributed by atoms with van der Waals surface area (Å²) in [6.07, 6.45) is -1.05. The predicted molar refractivity (Wildman–Crippen MR) is 96.4 cm³/mol. The molecule has 0 heterocycles. The largest absolute Gasteiger partial charge is 0.465 e. The van der Waals surface area contributed by atoms with Crippen molar-refractivity contribution >= 4 is 22.8 Å². The third-order valence-corrected chi connectivity index (χ3v) is 3.95. The van der Waals surface area contributed by atoms with E-state index in [0.717, 1.165) is 21.9 Å². The van der Waals surface area contributed by atoms with Crippen molar-refractivity contribution < 1.29 is 14.7 Å². The van der Waals surface area contributed by atoms with Crippen molar-refractivity contribution in [2.24, 2.45) is 0 Å². The minimum Gasteiger partial charge on any atom is -0.465 e. The summed E-state index contributed by atoms with van der Waals surface area (Å²) in [5.74, 6) is -0.117. The van der Waals surface area contributed by atoms with Gasteiger partial charge in [-0.2, -0.15) is 0 Å². The van der Waals surface area contributed by atoms with Gasteiger partial charge in [-0.15, -0.1) is 0 Å². The molecule has 0 saturated heterocycles. The van der Waals surface area contributed by atoms with E-state index in [4.69, 9.17) is 5.11 Å². The Hall–Kier alpha value is -3.34. The Morgan fingerprint density at radius 3 is 2.04 bits per heavy atom. The van der Waals surface area contributed by atoms with Crippen LogP contribution >= 0.6 is 0 Å².